The van der Waals surface area contributed by atoms with Crippen LogP contribution in [0, 0.1) is 0 Å². The van der Waals surface area contributed by atoms with Gasteiger partial charge in [-0.15, -0.1) is 0 Å². The predicted molar refractivity (Wildman–Crippen MR) is 98.5 cm³/mol. The van der Waals surface area contributed by atoms with Crippen LogP contribution in [0.5, 0.6) is 0 Å². The molecule has 0 aliphatic carbocycles. The van der Waals surface area contributed by atoms with E-state index < -0.39 is 0 Å². The summed E-state index contributed by atoms with van der Waals surface area (Å²) in [5.41, 5.74) is 6.94. The van der Waals surface area contributed by atoms with Crippen molar-refractivity contribution in [1.29, 1.82) is 0 Å². The van der Waals surface area contributed by atoms with Gasteiger partial charge in [-0.2, -0.15) is 0 Å². The van der Waals surface area contributed by atoms with Gasteiger partial charge in [0.1, 0.15) is 0 Å². The van der Waals surface area contributed by atoms with Crippen molar-refractivity contribution >= 4 is 17.7 Å². The molecule has 3 aliphatic heterocycles. The third kappa shape index (κ3) is 3.26. The summed E-state index contributed by atoms with van der Waals surface area (Å²) < 4.78 is 5.56. The van der Waals surface area contributed by atoms with Gasteiger partial charge in [0, 0.05) is 31.3 Å². The van der Waals surface area contributed by atoms with Gasteiger partial charge < -0.3 is 15.4 Å². The molecule has 27 heavy (non-hydrogen) atoms. The lowest BCUT2D eigenvalue weighted by Gasteiger charge is -2.35. The molecule has 3 aliphatic rings. The molecule has 0 bridgehead atoms. The molecule has 2 N–H and O–H groups in total. The number of likely N-dealkylation sites (tertiary alicyclic amines) is 1. The number of carbonyl (C=O) groups is 3. The molecule has 4 rings (SSSR count). The number of rotatable bonds is 4. The molecule has 0 saturated carbocycles. The molecule has 7 heteroatoms. The fourth-order valence-electron chi connectivity index (χ4n) is 4.26. The zero-order valence-corrected chi connectivity index (χ0v) is 15.4. The van der Waals surface area contributed by atoms with Gasteiger partial charge in [0.2, 0.25) is 0 Å². The number of hydrogen-bond donors (Lipinski definition) is 1. The Morgan fingerprint density at radius 1 is 1.11 bits per heavy atom. The highest BCUT2D eigenvalue weighted by Crippen LogP contribution is 2.27. The number of nitrogens with two attached hydrogens (primary N) is 1. The first-order valence-corrected chi connectivity index (χ1v) is 9.73. The fraction of sp³-hybridized carbons (Fsp3) is 0.550. The van der Waals surface area contributed by atoms with Crippen LogP contribution in [0.15, 0.2) is 18.2 Å². The van der Waals surface area contributed by atoms with Crippen molar-refractivity contribution in [2.45, 2.75) is 44.2 Å². The number of piperidine rings is 1. The minimum Gasteiger partial charge on any atom is -0.376 e. The van der Waals surface area contributed by atoms with Crippen molar-refractivity contribution in [3.63, 3.8) is 0 Å². The Kier molecular flexibility index (Phi) is 4.97. The lowest BCUT2D eigenvalue weighted by Crippen LogP contribution is -2.47. The van der Waals surface area contributed by atoms with E-state index in [9.17, 15) is 14.4 Å². The minimum absolute atomic E-state index is 0.0350. The Labute approximate surface area is 158 Å². The largest absolute Gasteiger partial charge is 0.376 e. The van der Waals surface area contributed by atoms with Gasteiger partial charge in [-0.25, -0.2) is 0 Å². The van der Waals surface area contributed by atoms with Crippen molar-refractivity contribution in [3.8, 4) is 0 Å². The van der Waals surface area contributed by atoms with E-state index in [0.29, 0.717) is 36.4 Å². The number of nitrogens with zero attached hydrogens (tertiary/aromatic N) is 2. The molecule has 0 spiro atoms. The Bertz CT molecular complexity index is 772. The summed E-state index contributed by atoms with van der Waals surface area (Å²) in [5, 5.41) is 0. The minimum atomic E-state index is -0.339. The molecular weight excluding hydrogens is 346 g/mol. The van der Waals surface area contributed by atoms with Crippen LogP contribution in [0.25, 0.3) is 0 Å². The summed E-state index contributed by atoms with van der Waals surface area (Å²) >= 11 is 0. The highest BCUT2D eigenvalue weighted by molar-refractivity contribution is 6.22. The number of ether oxygens (including phenoxy) is 1. The second-order valence-corrected chi connectivity index (χ2v) is 7.50. The monoisotopic (exact) mass is 371 g/mol. The number of hydrogen-bond acceptors (Lipinski definition) is 5. The van der Waals surface area contributed by atoms with Crippen LogP contribution in [-0.4, -0.2) is 65.9 Å². The van der Waals surface area contributed by atoms with Crippen molar-refractivity contribution in [2.24, 2.45) is 5.73 Å². The molecule has 2 atom stereocenters. The van der Waals surface area contributed by atoms with Gasteiger partial charge >= 0.3 is 0 Å². The molecule has 1 aromatic carbocycles. The molecule has 0 radical (unpaired) electrons. The average Bonchev–Trinajstić information content (AvgIpc) is 3.30. The fourth-order valence-corrected chi connectivity index (χ4v) is 4.26. The summed E-state index contributed by atoms with van der Waals surface area (Å²) in [6, 6.07) is 4.84. The van der Waals surface area contributed by atoms with Crippen LogP contribution >= 0.6 is 0 Å². The number of amides is 3. The third-order valence-corrected chi connectivity index (χ3v) is 5.79. The lowest BCUT2D eigenvalue weighted by molar-refractivity contribution is 0.0475. The predicted octanol–water partition coefficient (Wildman–Crippen LogP) is 1.41. The molecule has 144 valence electrons. The van der Waals surface area contributed by atoms with Crippen molar-refractivity contribution in [3.05, 3.63) is 34.9 Å². The van der Waals surface area contributed by atoms with Crippen LogP contribution in [0.2, 0.25) is 0 Å². The zero-order chi connectivity index (χ0) is 19.0. The Morgan fingerprint density at radius 2 is 1.93 bits per heavy atom. The highest BCUT2D eigenvalue weighted by atomic mass is 16.5. The maximum atomic E-state index is 13.0. The number of benzene rings is 1. The molecule has 2 unspecified atom stereocenters. The van der Waals surface area contributed by atoms with Crippen LogP contribution in [0.3, 0.4) is 0 Å². The average molecular weight is 371 g/mol. The highest BCUT2D eigenvalue weighted by Gasteiger charge is 2.38. The van der Waals surface area contributed by atoms with Gasteiger partial charge in [0.15, 0.2) is 0 Å². The third-order valence-electron chi connectivity index (χ3n) is 5.79. The number of imide groups is 1. The van der Waals surface area contributed by atoms with Gasteiger partial charge in [0.25, 0.3) is 17.7 Å². The summed E-state index contributed by atoms with van der Waals surface area (Å²) in [4.78, 5) is 41.4. The molecule has 0 aromatic heterocycles. The van der Waals surface area contributed by atoms with E-state index in [-0.39, 0.29) is 36.4 Å². The number of fused-ring (bicyclic) bond motifs is 1. The molecule has 7 nitrogen and oxygen atoms in total. The molecule has 2 fully saturated rings. The van der Waals surface area contributed by atoms with E-state index >= 15 is 0 Å². The summed E-state index contributed by atoms with van der Waals surface area (Å²) in [6.07, 6.45) is 4.64. The second-order valence-electron chi connectivity index (χ2n) is 7.50. The van der Waals surface area contributed by atoms with E-state index in [4.69, 9.17) is 10.5 Å². The molecule has 1 aromatic rings. The first kappa shape index (κ1) is 18.1. The van der Waals surface area contributed by atoms with Crippen LogP contribution in [0.4, 0.5) is 0 Å². The van der Waals surface area contributed by atoms with Gasteiger partial charge in [-0.1, -0.05) is 0 Å². The van der Waals surface area contributed by atoms with Gasteiger partial charge in [-0.3, -0.25) is 19.3 Å². The maximum Gasteiger partial charge on any atom is 0.261 e. The van der Waals surface area contributed by atoms with E-state index in [1.165, 1.54) is 4.90 Å². The first-order chi connectivity index (χ1) is 13.1. The molecule has 3 heterocycles. The molecule has 2 saturated heterocycles. The van der Waals surface area contributed by atoms with Crippen LogP contribution < -0.4 is 5.73 Å². The Morgan fingerprint density at radius 3 is 2.67 bits per heavy atom. The maximum absolute atomic E-state index is 13.0. The van der Waals surface area contributed by atoms with Gasteiger partial charge in [0.05, 0.1) is 23.8 Å². The van der Waals surface area contributed by atoms with Crippen LogP contribution in [0.1, 0.15) is 63.2 Å². The number of carbonyl (C=O) groups excluding carboxylic acids is 3. The topological polar surface area (TPSA) is 92.9 Å². The van der Waals surface area contributed by atoms with Crippen molar-refractivity contribution < 1.29 is 19.1 Å². The van der Waals surface area contributed by atoms with Gasteiger partial charge in [-0.05, 0) is 50.3 Å². The normalized spacial score (nSPS) is 25.2. The van der Waals surface area contributed by atoms with Crippen molar-refractivity contribution in [1.82, 2.24) is 9.80 Å². The zero-order valence-electron chi connectivity index (χ0n) is 15.4. The van der Waals surface area contributed by atoms with E-state index in [1.807, 2.05) is 0 Å². The van der Waals surface area contributed by atoms with E-state index in [0.717, 1.165) is 32.1 Å². The second kappa shape index (κ2) is 7.40. The summed E-state index contributed by atoms with van der Waals surface area (Å²) in [5.74, 6) is -0.762. The Balaban J connectivity index is 1.56. The van der Waals surface area contributed by atoms with E-state index in [2.05, 4.69) is 0 Å². The summed E-state index contributed by atoms with van der Waals surface area (Å²) in [7, 11) is 0. The Hall–Kier alpha value is -2.25. The quantitative estimate of drug-likeness (QED) is 0.808. The summed E-state index contributed by atoms with van der Waals surface area (Å²) in [6.45, 7) is 2.06. The standard InChI is InChI=1S/C20H25N3O4/c21-11-14-4-1-2-8-22(14)18(24)13-6-7-16-17(10-13)20(26)23(19(16)25)12-15-5-3-9-27-15/h6-7,10,14-15H,1-5,8-9,11-12,21H2. The lowest BCUT2D eigenvalue weighted by atomic mass is 9.99. The first-order valence-electron chi connectivity index (χ1n) is 9.73. The van der Waals surface area contributed by atoms with Crippen LogP contribution in [-0.2, 0) is 4.74 Å². The molecular formula is C20H25N3O4. The SMILES string of the molecule is NCC1CCCCN1C(=O)c1ccc2c(c1)C(=O)N(CC1CCCO1)C2=O. The van der Waals surface area contributed by atoms with E-state index in [1.54, 1.807) is 23.1 Å². The smallest absolute Gasteiger partial charge is 0.261 e. The van der Waals surface area contributed by atoms with Crippen molar-refractivity contribution in [2.75, 3.05) is 26.2 Å². The molecule has 3 amide bonds.